The molecular weight excluding hydrogens is 440 g/mol. The van der Waals surface area contributed by atoms with Gasteiger partial charge in [-0.3, -0.25) is 14.5 Å². The third-order valence-electron chi connectivity index (χ3n) is 6.96. The smallest absolute Gasteiger partial charge is 0.264 e. The molecule has 1 amide bonds. The Kier molecular flexibility index (Phi) is 5.72. The zero-order valence-electron chi connectivity index (χ0n) is 18.9. The summed E-state index contributed by atoms with van der Waals surface area (Å²) in [4.78, 5) is 40.7. The molecule has 170 valence electrons. The SMILES string of the molecule is CC(C)(C)[C@@H]1CCc2c(sc3nc(CN4CCN(C(=O)c5cccs5)CC4)[nH]c(=O)c23)C1. The van der Waals surface area contributed by atoms with Gasteiger partial charge in [-0.25, -0.2) is 4.98 Å². The molecule has 1 aliphatic heterocycles. The van der Waals surface area contributed by atoms with Crippen molar-refractivity contribution in [3.8, 4) is 0 Å². The average Bonchev–Trinajstić information content (AvgIpc) is 3.40. The molecule has 6 nitrogen and oxygen atoms in total. The van der Waals surface area contributed by atoms with E-state index in [1.54, 1.807) is 11.3 Å². The number of nitrogens with one attached hydrogen (secondary N) is 1. The maximum Gasteiger partial charge on any atom is 0.264 e. The second-order valence-electron chi connectivity index (χ2n) is 10.0. The van der Waals surface area contributed by atoms with Crippen LogP contribution in [0.1, 0.15) is 53.1 Å². The molecule has 32 heavy (non-hydrogen) atoms. The van der Waals surface area contributed by atoms with Crippen LogP contribution < -0.4 is 5.56 Å². The molecule has 4 heterocycles. The number of H-pyrrole nitrogens is 1. The Morgan fingerprint density at radius 1 is 1.25 bits per heavy atom. The lowest BCUT2D eigenvalue weighted by Crippen LogP contribution is -2.48. The fourth-order valence-corrected chi connectivity index (χ4v) is 6.93. The van der Waals surface area contributed by atoms with Gasteiger partial charge in [0.05, 0.1) is 16.8 Å². The summed E-state index contributed by atoms with van der Waals surface area (Å²) in [5.74, 6) is 1.49. The monoisotopic (exact) mass is 470 g/mol. The lowest BCUT2D eigenvalue weighted by Gasteiger charge is -2.34. The van der Waals surface area contributed by atoms with Crippen molar-refractivity contribution in [2.45, 2.75) is 46.6 Å². The molecule has 0 saturated carbocycles. The summed E-state index contributed by atoms with van der Waals surface area (Å²) < 4.78 is 0. The molecule has 3 aromatic heterocycles. The van der Waals surface area contributed by atoms with Gasteiger partial charge in [0, 0.05) is 31.1 Å². The van der Waals surface area contributed by atoms with Crippen molar-refractivity contribution in [2.75, 3.05) is 26.2 Å². The maximum atomic E-state index is 13.0. The van der Waals surface area contributed by atoms with Crippen LogP contribution >= 0.6 is 22.7 Å². The molecule has 2 aliphatic rings. The molecule has 1 aliphatic carbocycles. The van der Waals surface area contributed by atoms with Gasteiger partial charge >= 0.3 is 0 Å². The summed E-state index contributed by atoms with van der Waals surface area (Å²) in [7, 11) is 0. The van der Waals surface area contributed by atoms with Crippen molar-refractivity contribution in [3.05, 3.63) is 49.0 Å². The van der Waals surface area contributed by atoms with Gasteiger partial charge in [0.1, 0.15) is 10.7 Å². The average molecular weight is 471 g/mol. The van der Waals surface area contributed by atoms with Crippen molar-refractivity contribution in [1.82, 2.24) is 19.8 Å². The first-order valence-electron chi connectivity index (χ1n) is 11.4. The highest BCUT2D eigenvalue weighted by atomic mass is 32.1. The number of amides is 1. The summed E-state index contributed by atoms with van der Waals surface area (Å²) >= 11 is 3.20. The summed E-state index contributed by atoms with van der Waals surface area (Å²) in [5.41, 5.74) is 1.51. The van der Waals surface area contributed by atoms with Crippen LogP contribution in [0.25, 0.3) is 10.2 Å². The molecule has 1 N–H and O–H groups in total. The summed E-state index contributed by atoms with van der Waals surface area (Å²) in [5, 5.41) is 2.75. The minimum atomic E-state index is 0.00298. The largest absolute Gasteiger partial charge is 0.335 e. The van der Waals surface area contributed by atoms with Gasteiger partial charge in [0.25, 0.3) is 11.5 Å². The third-order valence-corrected chi connectivity index (χ3v) is 8.96. The number of carbonyl (C=O) groups is 1. The van der Waals surface area contributed by atoms with E-state index in [0.29, 0.717) is 25.6 Å². The van der Waals surface area contributed by atoms with E-state index < -0.39 is 0 Å². The standard InChI is InChI=1S/C24H30N4O2S2/c1-24(2,3)15-6-7-16-18(13-15)32-22-20(16)21(29)25-19(26-22)14-27-8-10-28(11-9-27)23(30)17-5-4-12-31-17/h4-5,12,15H,6-11,13-14H2,1-3H3,(H,25,26,29)/t15-/m1/s1. The number of aryl methyl sites for hydroxylation is 1. The maximum absolute atomic E-state index is 13.0. The molecule has 8 heteroatoms. The van der Waals surface area contributed by atoms with E-state index in [0.717, 1.165) is 53.3 Å². The molecule has 0 radical (unpaired) electrons. The van der Waals surface area contributed by atoms with Gasteiger partial charge in [0.15, 0.2) is 0 Å². The second kappa shape index (κ2) is 8.39. The lowest BCUT2D eigenvalue weighted by molar-refractivity contribution is 0.0630. The normalized spacial score (nSPS) is 20.0. The van der Waals surface area contributed by atoms with E-state index in [1.165, 1.54) is 21.8 Å². The van der Waals surface area contributed by atoms with Crippen LogP contribution in [-0.4, -0.2) is 51.9 Å². The number of fused-ring (bicyclic) bond motifs is 3. The van der Waals surface area contributed by atoms with Crippen LogP contribution in [0, 0.1) is 11.3 Å². The number of aromatic amines is 1. The zero-order chi connectivity index (χ0) is 22.5. The Hall–Kier alpha value is -2.03. The van der Waals surface area contributed by atoms with E-state index in [-0.39, 0.29) is 16.9 Å². The lowest BCUT2D eigenvalue weighted by atomic mass is 9.72. The quantitative estimate of drug-likeness (QED) is 0.624. The Morgan fingerprint density at radius 2 is 2.03 bits per heavy atom. The first-order valence-corrected chi connectivity index (χ1v) is 13.1. The summed E-state index contributed by atoms with van der Waals surface area (Å²) in [6.45, 7) is 10.5. The van der Waals surface area contributed by atoms with Crippen LogP contribution in [-0.2, 0) is 19.4 Å². The number of rotatable bonds is 3. The number of thiophene rings is 2. The highest BCUT2D eigenvalue weighted by molar-refractivity contribution is 7.18. The molecule has 5 rings (SSSR count). The van der Waals surface area contributed by atoms with E-state index in [4.69, 9.17) is 4.98 Å². The topological polar surface area (TPSA) is 69.3 Å². The molecule has 1 saturated heterocycles. The molecular formula is C24H30N4O2S2. The van der Waals surface area contributed by atoms with Gasteiger partial charge in [-0.1, -0.05) is 26.8 Å². The minimum absolute atomic E-state index is 0.00298. The second-order valence-corrected chi connectivity index (χ2v) is 12.1. The number of hydrogen-bond acceptors (Lipinski definition) is 6. The Balaban J connectivity index is 1.29. The Labute approximate surface area is 196 Å². The third kappa shape index (κ3) is 4.16. The number of aromatic nitrogens is 2. The number of carbonyl (C=O) groups excluding carboxylic acids is 1. The van der Waals surface area contributed by atoms with Crippen LogP contribution in [0.15, 0.2) is 22.3 Å². The highest BCUT2D eigenvalue weighted by Gasteiger charge is 2.32. The van der Waals surface area contributed by atoms with Gasteiger partial charge in [-0.05, 0) is 47.6 Å². The zero-order valence-corrected chi connectivity index (χ0v) is 20.6. The first kappa shape index (κ1) is 21.8. The van der Waals surface area contributed by atoms with Gasteiger partial charge < -0.3 is 9.88 Å². The van der Waals surface area contributed by atoms with Crippen LogP contribution in [0.4, 0.5) is 0 Å². The number of nitrogens with zero attached hydrogens (tertiary/aromatic N) is 3. The van der Waals surface area contributed by atoms with Gasteiger partial charge in [-0.2, -0.15) is 0 Å². The van der Waals surface area contributed by atoms with Gasteiger partial charge in [-0.15, -0.1) is 22.7 Å². The van der Waals surface area contributed by atoms with Crippen molar-refractivity contribution >= 4 is 38.8 Å². The minimum Gasteiger partial charge on any atom is -0.335 e. The molecule has 0 spiro atoms. The van der Waals surface area contributed by atoms with E-state index >= 15 is 0 Å². The number of piperazine rings is 1. The van der Waals surface area contributed by atoms with Crippen LogP contribution in [0.5, 0.6) is 0 Å². The molecule has 0 bridgehead atoms. The fraction of sp³-hybridized carbons (Fsp3) is 0.542. The molecule has 1 fully saturated rings. The predicted molar refractivity (Wildman–Crippen MR) is 131 cm³/mol. The molecule has 3 aromatic rings. The van der Waals surface area contributed by atoms with Crippen molar-refractivity contribution in [2.24, 2.45) is 11.3 Å². The van der Waals surface area contributed by atoms with Crippen LogP contribution in [0.2, 0.25) is 0 Å². The van der Waals surface area contributed by atoms with Crippen LogP contribution in [0.3, 0.4) is 0 Å². The van der Waals surface area contributed by atoms with E-state index in [1.807, 2.05) is 22.4 Å². The number of hydrogen-bond donors (Lipinski definition) is 1. The predicted octanol–water partition coefficient (Wildman–Crippen LogP) is 4.16. The molecule has 1 atom stereocenters. The molecule has 0 unspecified atom stereocenters. The molecule has 0 aromatic carbocycles. The van der Waals surface area contributed by atoms with Crippen molar-refractivity contribution < 1.29 is 4.79 Å². The fourth-order valence-electron chi connectivity index (χ4n) is 4.92. The summed E-state index contributed by atoms with van der Waals surface area (Å²) in [6.07, 6.45) is 3.16. The highest BCUT2D eigenvalue weighted by Crippen LogP contribution is 2.42. The van der Waals surface area contributed by atoms with E-state index in [9.17, 15) is 9.59 Å². The first-order chi connectivity index (χ1) is 15.3. The van der Waals surface area contributed by atoms with Crippen molar-refractivity contribution in [1.29, 1.82) is 0 Å². The Bertz CT molecular complexity index is 1180. The Morgan fingerprint density at radius 3 is 2.72 bits per heavy atom. The van der Waals surface area contributed by atoms with Gasteiger partial charge in [0.2, 0.25) is 0 Å². The van der Waals surface area contributed by atoms with E-state index in [2.05, 4.69) is 30.7 Å². The summed E-state index contributed by atoms with van der Waals surface area (Å²) in [6, 6.07) is 3.80. The van der Waals surface area contributed by atoms with Crippen molar-refractivity contribution in [3.63, 3.8) is 0 Å².